The average molecular weight is 272 g/mol. The highest BCUT2D eigenvalue weighted by Gasteiger charge is 2.38. The van der Waals surface area contributed by atoms with Crippen LogP contribution >= 0.6 is 0 Å². The molecule has 0 saturated carbocycles. The number of rotatable bonds is 6. The van der Waals surface area contributed by atoms with Crippen LogP contribution in [0.2, 0.25) is 0 Å². The van der Waals surface area contributed by atoms with Crippen LogP contribution in [0, 0.1) is 0 Å². The van der Waals surface area contributed by atoms with Gasteiger partial charge in [-0.15, -0.1) is 0 Å². The van der Waals surface area contributed by atoms with E-state index in [1.165, 1.54) is 5.01 Å². The Bertz CT molecular complexity index is 322. The smallest absolute Gasteiger partial charge is 0.153 e. The molecule has 19 heavy (non-hydrogen) atoms. The lowest BCUT2D eigenvalue weighted by molar-refractivity contribution is -0.210. The highest BCUT2D eigenvalue weighted by Crippen LogP contribution is 2.24. The third kappa shape index (κ3) is 4.28. The van der Waals surface area contributed by atoms with E-state index >= 15 is 0 Å². The number of aliphatic hydroxyl groups is 3. The monoisotopic (exact) mass is 272 g/mol. The van der Waals surface area contributed by atoms with Crippen LogP contribution < -0.4 is 0 Å². The number of aliphatic hydroxyl groups excluding tert-OH is 3. The van der Waals surface area contributed by atoms with E-state index in [1.54, 1.807) is 0 Å². The van der Waals surface area contributed by atoms with Gasteiger partial charge in [-0.2, -0.15) is 5.10 Å². The summed E-state index contributed by atoms with van der Waals surface area (Å²) in [5.74, 6) is 0. The molecule has 0 bridgehead atoms. The Morgan fingerprint density at radius 3 is 2.74 bits per heavy atom. The van der Waals surface area contributed by atoms with Gasteiger partial charge in [0.15, 0.2) is 6.23 Å². The van der Waals surface area contributed by atoms with Crippen LogP contribution in [-0.4, -0.2) is 58.2 Å². The van der Waals surface area contributed by atoms with Gasteiger partial charge in [0.2, 0.25) is 0 Å². The molecule has 4 unspecified atom stereocenters. The van der Waals surface area contributed by atoms with E-state index < -0.39 is 24.5 Å². The zero-order valence-electron chi connectivity index (χ0n) is 11.6. The van der Waals surface area contributed by atoms with Gasteiger partial charge in [-0.3, -0.25) is 0 Å². The van der Waals surface area contributed by atoms with Crippen LogP contribution in [0.4, 0.5) is 0 Å². The summed E-state index contributed by atoms with van der Waals surface area (Å²) >= 11 is 0. The maximum atomic E-state index is 9.78. The van der Waals surface area contributed by atoms with Crippen molar-refractivity contribution in [2.24, 2.45) is 5.10 Å². The van der Waals surface area contributed by atoms with Crippen molar-refractivity contribution < 1.29 is 20.1 Å². The predicted molar refractivity (Wildman–Crippen MR) is 72.4 cm³/mol. The molecular weight excluding hydrogens is 248 g/mol. The normalized spacial score (nSPS) is 32.2. The molecule has 1 saturated heterocycles. The quantitative estimate of drug-likeness (QED) is 0.482. The zero-order valence-corrected chi connectivity index (χ0v) is 11.6. The van der Waals surface area contributed by atoms with Gasteiger partial charge in [-0.25, -0.2) is 5.01 Å². The van der Waals surface area contributed by atoms with Crippen molar-refractivity contribution >= 4 is 6.72 Å². The Hall–Kier alpha value is -0.950. The summed E-state index contributed by atoms with van der Waals surface area (Å²) in [5.41, 5.74) is 1.12. The molecule has 0 aromatic carbocycles. The van der Waals surface area contributed by atoms with Crippen LogP contribution in [0.3, 0.4) is 0 Å². The number of nitrogens with zero attached hydrogens (tertiary/aromatic N) is 2. The molecule has 0 aromatic heterocycles. The van der Waals surface area contributed by atoms with Crippen molar-refractivity contribution in [3.05, 3.63) is 11.8 Å². The van der Waals surface area contributed by atoms with Crippen molar-refractivity contribution in [1.29, 1.82) is 0 Å². The fourth-order valence-electron chi connectivity index (χ4n) is 2.15. The molecule has 3 N–H and O–H groups in total. The SMILES string of the molecule is C=NN(/C=C(/C)CCC)C1CC(O)C(O)C(CO)O1. The topological polar surface area (TPSA) is 85.5 Å². The highest BCUT2D eigenvalue weighted by molar-refractivity contribution is 5.23. The molecule has 1 aliphatic rings. The molecule has 0 radical (unpaired) electrons. The van der Waals surface area contributed by atoms with Crippen LogP contribution in [0.5, 0.6) is 0 Å². The van der Waals surface area contributed by atoms with Gasteiger partial charge in [-0.05, 0) is 13.3 Å². The van der Waals surface area contributed by atoms with E-state index in [4.69, 9.17) is 9.84 Å². The van der Waals surface area contributed by atoms with Gasteiger partial charge in [-0.1, -0.05) is 18.9 Å². The van der Waals surface area contributed by atoms with E-state index in [-0.39, 0.29) is 13.0 Å². The maximum Gasteiger partial charge on any atom is 0.153 e. The third-order valence-electron chi connectivity index (χ3n) is 3.19. The average Bonchev–Trinajstić information content (AvgIpc) is 2.39. The number of hydrogen-bond donors (Lipinski definition) is 3. The Kier molecular flexibility index (Phi) is 6.44. The van der Waals surface area contributed by atoms with Crippen molar-refractivity contribution in [2.75, 3.05) is 6.61 Å². The van der Waals surface area contributed by atoms with Gasteiger partial charge in [0, 0.05) is 19.3 Å². The van der Waals surface area contributed by atoms with Crippen molar-refractivity contribution in [3.8, 4) is 0 Å². The molecule has 1 fully saturated rings. The highest BCUT2D eigenvalue weighted by atomic mass is 16.5. The molecule has 0 spiro atoms. The first kappa shape index (κ1) is 16.1. The molecule has 0 aliphatic carbocycles. The summed E-state index contributed by atoms with van der Waals surface area (Å²) in [4.78, 5) is 0. The minimum Gasteiger partial charge on any atom is -0.394 e. The first-order valence-corrected chi connectivity index (χ1v) is 6.58. The second-order valence-corrected chi connectivity index (χ2v) is 4.85. The third-order valence-corrected chi connectivity index (χ3v) is 3.19. The Labute approximate surface area is 114 Å². The maximum absolute atomic E-state index is 9.78. The van der Waals surface area contributed by atoms with Crippen LogP contribution in [0.15, 0.2) is 16.9 Å². The molecule has 1 aliphatic heterocycles. The lowest BCUT2D eigenvalue weighted by Crippen LogP contribution is -2.53. The Balaban J connectivity index is 2.76. The summed E-state index contributed by atoms with van der Waals surface area (Å²) in [6, 6.07) is 0. The van der Waals surface area contributed by atoms with Crippen molar-refractivity contribution in [1.82, 2.24) is 5.01 Å². The van der Waals surface area contributed by atoms with Crippen molar-refractivity contribution in [3.63, 3.8) is 0 Å². The van der Waals surface area contributed by atoms with E-state index in [0.29, 0.717) is 0 Å². The van der Waals surface area contributed by atoms with E-state index in [0.717, 1.165) is 18.4 Å². The number of ether oxygens (including phenoxy) is 1. The minimum atomic E-state index is -1.08. The summed E-state index contributed by atoms with van der Waals surface area (Å²) in [6.45, 7) is 7.21. The van der Waals surface area contributed by atoms with Gasteiger partial charge < -0.3 is 20.1 Å². The van der Waals surface area contributed by atoms with Gasteiger partial charge in [0.25, 0.3) is 0 Å². The first-order chi connectivity index (χ1) is 9.03. The molecule has 110 valence electrons. The molecule has 6 nitrogen and oxygen atoms in total. The fourth-order valence-corrected chi connectivity index (χ4v) is 2.15. The van der Waals surface area contributed by atoms with Gasteiger partial charge in [0.05, 0.1) is 12.7 Å². The number of allylic oxidation sites excluding steroid dienone is 1. The largest absolute Gasteiger partial charge is 0.394 e. The number of hydrogen-bond acceptors (Lipinski definition) is 6. The molecule has 1 rings (SSSR count). The van der Waals surface area contributed by atoms with Gasteiger partial charge in [0.1, 0.15) is 12.2 Å². The standard InChI is InChI=1S/C13H24N2O4/c1-4-5-9(2)7-15(14-3)12-6-10(17)13(18)11(8-16)19-12/h7,10-13,16-18H,3-6,8H2,1-2H3/b9-7-. The van der Waals surface area contributed by atoms with E-state index in [1.807, 2.05) is 13.1 Å². The Morgan fingerprint density at radius 2 is 2.21 bits per heavy atom. The summed E-state index contributed by atoms with van der Waals surface area (Å²) < 4.78 is 5.54. The van der Waals surface area contributed by atoms with E-state index in [2.05, 4.69) is 18.7 Å². The van der Waals surface area contributed by atoms with Gasteiger partial charge >= 0.3 is 0 Å². The van der Waals surface area contributed by atoms with Crippen LogP contribution in [0.1, 0.15) is 33.1 Å². The summed E-state index contributed by atoms with van der Waals surface area (Å²) in [5, 5.41) is 34.0. The van der Waals surface area contributed by atoms with Crippen molar-refractivity contribution in [2.45, 2.75) is 57.6 Å². The second-order valence-electron chi connectivity index (χ2n) is 4.85. The van der Waals surface area contributed by atoms with E-state index in [9.17, 15) is 10.2 Å². The predicted octanol–water partition coefficient (Wildman–Crippen LogP) is 0.437. The lowest BCUT2D eigenvalue weighted by atomic mass is 10.0. The molecular formula is C13H24N2O4. The lowest BCUT2D eigenvalue weighted by Gasteiger charge is -2.39. The molecule has 4 atom stereocenters. The molecule has 0 amide bonds. The molecule has 6 heteroatoms. The zero-order chi connectivity index (χ0) is 14.4. The first-order valence-electron chi connectivity index (χ1n) is 6.58. The summed E-state index contributed by atoms with van der Waals surface area (Å²) in [6.07, 6.45) is 0.644. The number of hydrazone groups is 1. The molecule has 0 aromatic rings. The van der Waals surface area contributed by atoms with Crippen LogP contribution in [0.25, 0.3) is 0 Å². The minimum absolute atomic E-state index is 0.215. The second kappa shape index (κ2) is 7.59. The Morgan fingerprint density at radius 1 is 1.53 bits per heavy atom. The van der Waals surface area contributed by atoms with Crippen LogP contribution in [-0.2, 0) is 4.74 Å². The fraction of sp³-hybridized carbons (Fsp3) is 0.769. The summed E-state index contributed by atoms with van der Waals surface area (Å²) in [7, 11) is 0. The molecule has 1 heterocycles.